The van der Waals surface area contributed by atoms with Crippen LogP contribution in [0, 0.1) is 21.4 Å². The van der Waals surface area contributed by atoms with Crippen molar-refractivity contribution in [2.75, 3.05) is 13.1 Å². The lowest BCUT2D eigenvalue weighted by Gasteiger charge is -2.17. The molecule has 0 atom stereocenters. The van der Waals surface area contributed by atoms with E-state index in [0.717, 1.165) is 26.0 Å². The molecule has 28 heavy (non-hydrogen) atoms. The van der Waals surface area contributed by atoms with E-state index >= 15 is 0 Å². The number of benzene rings is 1. The summed E-state index contributed by atoms with van der Waals surface area (Å²) in [5.41, 5.74) is -0.865. The third-order valence-corrected chi connectivity index (χ3v) is 3.47. The van der Waals surface area contributed by atoms with Crippen molar-refractivity contribution in [3.8, 4) is 17.6 Å². The number of rotatable bonds is 7. The lowest BCUT2D eigenvalue weighted by atomic mass is 10.1. The Morgan fingerprint density at radius 2 is 1.75 bits per heavy atom. The Morgan fingerprint density at radius 3 is 2.18 bits per heavy atom. The third kappa shape index (κ3) is 5.63. The van der Waals surface area contributed by atoms with Gasteiger partial charge in [0.2, 0.25) is 0 Å². The van der Waals surface area contributed by atoms with Gasteiger partial charge in [0.1, 0.15) is 11.6 Å². The van der Waals surface area contributed by atoms with E-state index in [9.17, 15) is 29.8 Å². The Morgan fingerprint density at radius 1 is 1.18 bits per heavy atom. The quantitative estimate of drug-likeness (QED) is 0.173. The molecule has 0 fully saturated rings. The minimum atomic E-state index is -0.853. The number of nitrogens with zero attached hydrogens (tertiary/aromatic N) is 3. The van der Waals surface area contributed by atoms with Crippen LogP contribution in [0.15, 0.2) is 17.7 Å². The molecular weight excluding hydrogens is 370 g/mol. The van der Waals surface area contributed by atoms with Crippen molar-refractivity contribution in [1.82, 2.24) is 4.90 Å². The number of amides is 1. The number of hydrogen-bond donors (Lipinski definition) is 0. The van der Waals surface area contributed by atoms with Gasteiger partial charge in [0.25, 0.3) is 11.7 Å². The summed E-state index contributed by atoms with van der Waals surface area (Å²) in [6.45, 7) is 6.33. The van der Waals surface area contributed by atoms with E-state index in [1.807, 2.05) is 0 Å². The highest BCUT2D eigenvalue weighted by Gasteiger charge is 2.25. The number of nitro groups is 1. The molecule has 0 N–H and O–H groups in total. The van der Waals surface area contributed by atoms with E-state index in [1.54, 1.807) is 19.9 Å². The van der Waals surface area contributed by atoms with Crippen LogP contribution >= 0.6 is 0 Å². The number of hydrogen-bond acceptors (Lipinski definition) is 8. The van der Waals surface area contributed by atoms with Gasteiger partial charge < -0.3 is 14.4 Å². The maximum atomic E-state index is 12.4. The van der Waals surface area contributed by atoms with Gasteiger partial charge in [-0.15, -0.1) is 0 Å². The standard InChI is InChI=1S/C18H19N3O7/c1-5-20(6-2)18(24)14(10-19)7-13-8-15(21(25)26)17(28-12(4)23)16(9-13)27-11(3)22/h7-9H,5-6H2,1-4H3/b14-7+. The molecule has 1 aromatic rings. The predicted octanol–water partition coefficient (Wildman–Crippen LogP) is 2.22. The van der Waals surface area contributed by atoms with Crippen LogP contribution in [0.5, 0.6) is 11.5 Å². The number of carbonyl (C=O) groups is 3. The zero-order valence-corrected chi connectivity index (χ0v) is 15.8. The first kappa shape index (κ1) is 22.3. The second-order valence-electron chi connectivity index (χ2n) is 5.46. The molecule has 1 amide bonds. The summed E-state index contributed by atoms with van der Waals surface area (Å²) in [6.07, 6.45) is 1.14. The summed E-state index contributed by atoms with van der Waals surface area (Å²) in [4.78, 5) is 47.0. The summed E-state index contributed by atoms with van der Waals surface area (Å²) in [5.74, 6) is -3.12. The topological polar surface area (TPSA) is 140 Å². The van der Waals surface area contributed by atoms with Gasteiger partial charge in [0.05, 0.1) is 4.92 Å². The molecule has 0 bridgehead atoms. The minimum absolute atomic E-state index is 0.0518. The second kappa shape index (κ2) is 9.82. The van der Waals surface area contributed by atoms with E-state index in [4.69, 9.17) is 9.47 Å². The Labute approximate surface area is 161 Å². The Kier molecular flexibility index (Phi) is 7.82. The van der Waals surface area contributed by atoms with Crippen LogP contribution in [0.2, 0.25) is 0 Å². The lowest BCUT2D eigenvalue weighted by molar-refractivity contribution is -0.385. The number of nitriles is 1. The van der Waals surface area contributed by atoms with Gasteiger partial charge in [-0.3, -0.25) is 24.5 Å². The average Bonchev–Trinajstić information content (AvgIpc) is 2.61. The van der Waals surface area contributed by atoms with E-state index in [-0.39, 0.29) is 16.9 Å². The third-order valence-electron chi connectivity index (χ3n) is 3.47. The smallest absolute Gasteiger partial charge is 0.316 e. The number of nitro benzene ring substituents is 1. The summed E-state index contributed by atoms with van der Waals surface area (Å²) in [7, 11) is 0. The Bertz CT molecular complexity index is 880. The molecule has 1 aromatic carbocycles. The van der Waals surface area contributed by atoms with Crippen molar-refractivity contribution in [1.29, 1.82) is 5.26 Å². The summed E-state index contributed by atoms with van der Waals surface area (Å²) >= 11 is 0. The van der Waals surface area contributed by atoms with E-state index in [2.05, 4.69) is 0 Å². The van der Waals surface area contributed by atoms with Gasteiger partial charge in [-0.2, -0.15) is 5.26 Å². The SMILES string of the molecule is CCN(CC)C(=O)/C(C#N)=C/c1cc(OC(C)=O)c(OC(C)=O)c([N+](=O)[O-])c1. The molecule has 148 valence electrons. The van der Waals surface area contributed by atoms with Crippen molar-refractivity contribution in [3.05, 3.63) is 33.4 Å². The largest absolute Gasteiger partial charge is 0.422 e. The van der Waals surface area contributed by atoms with Crippen molar-refractivity contribution >= 4 is 29.6 Å². The van der Waals surface area contributed by atoms with Crippen LogP contribution in [0.1, 0.15) is 33.3 Å². The maximum Gasteiger partial charge on any atom is 0.316 e. The fourth-order valence-electron chi connectivity index (χ4n) is 2.29. The van der Waals surface area contributed by atoms with Gasteiger partial charge in [-0.05, 0) is 31.6 Å². The molecule has 0 saturated heterocycles. The molecule has 1 rings (SSSR count). The van der Waals surface area contributed by atoms with E-state index < -0.39 is 34.2 Å². The molecule has 0 aromatic heterocycles. The first-order valence-electron chi connectivity index (χ1n) is 8.24. The fraction of sp³-hybridized carbons (Fsp3) is 0.333. The van der Waals surface area contributed by atoms with Crippen molar-refractivity contribution in [2.45, 2.75) is 27.7 Å². The van der Waals surface area contributed by atoms with Gasteiger partial charge in [0.15, 0.2) is 5.75 Å². The van der Waals surface area contributed by atoms with Crippen molar-refractivity contribution in [3.63, 3.8) is 0 Å². The van der Waals surface area contributed by atoms with Crippen LogP contribution in [0.25, 0.3) is 6.08 Å². The molecule has 0 aliphatic carbocycles. The number of likely N-dealkylation sites (N-methyl/N-ethyl adjacent to an activating group) is 1. The van der Waals surface area contributed by atoms with E-state index in [1.165, 1.54) is 11.0 Å². The number of carbonyl (C=O) groups excluding carboxylic acids is 3. The Balaban J connectivity index is 3.62. The van der Waals surface area contributed by atoms with Crippen LogP contribution in [0.3, 0.4) is 0 Å². The molecule has 0 saturated carbocycles. The van der Waals surface area contributed by atoms with E-state index in [0.29, 0.717) is 13.1 Å². The molecule has 10 nitrogen and oxygen atoms in total. The van der Waals surface area contributed by atoms with Crippen LogP contribution < -0.4 is 9.47 Å². The summed E-state index contributed by atoms with van der Waals surface area (Å²) in [6, 6.07) is 3.94. The fourth-order valence-corrected chi connectivity index (χ4v) is 2.29. The predicted molar refractivity (Wildman–Crippen MR) is 97.2 cm³/mol. The monoisotopic (exact) mass is 389 g/mol. The van der Waals surface area contributed by atoms with Crippen LogP contribution in [-0.2, 0) is 14.4 Å². The lowest BCUT2D eigenvalue weighted by Crippen LogP contribution is -2.31. The first-order valence-corrected chi connectivity index (χ1v) is 8.24. The average molecular weight is 389 g/mol. The normalized spacial score (nSPS) is 10.6. The highest BCUT2D eigenvalue weighted by molar-refractivity contribution is 6.01. The van der Waals surface area contributed by atoms with Gasteiger partial charge in [-0.1, -0.05) is 0 Å². The highest BCUT2D eigenvalue weighted by atomic mass is 16.6. The molecule has 10 heteroatoms. The molecule has 0 aliphatic rings. The zero-order valence-electron chi connectivity index (χ0n) is 15.8. The van der Waals surface area contributed by atoms with Gasteiger partial charge in [0, 0.05) is 33.0 Å². The molecule has 0 heterocycles. The first-order chi connectivity index (χ1) is 13.1. The minimum Gasteiger partial charge on any atom is -0.422 e. The zero-order chi connectivity index (χ0) is 21.4. The number of ether oxygens (including phenoxy) is 2. The number of esters is 2. The molecule has 0 aliphatic heterocycles. The molecule has 0 unspecified atom stereocenters. The van der Waals surface area contributed by atoms with Crippen LogP contribution in [-0.4, -0.2) is 40.8 Å². The molecule has 0 radical (unpaired) electrons. The highest BCUT2D eigenvalue weighted by Crippen LogP contribution is 2.39. The van der Waals surface area contributed by atoms with Crippen molar-refractivity contribution in [2.24, 2.45) is 0 Å². The molecular formula is C18H19N3O7. The van der Waals surface area contributed by atoms with Crippen LogP contribution in [0.4, 0.5) is 5.69 Å². The van der Waals surface area contributed by atoms with Crippen molar-refractivity contribution < 1.29 is 28.8 Å². The second-order valence-corrected chi connectivity index (χ2v) is 5.46. The maximum absolute atomic E-state index is 12.4. The molecule has 0 spiro atoms. The summed E-state index contributed by atoms with van der Waals surface area (Å²) in [5, 5.41) is 20.7. The Hall–Kier alpha value is -3.74. The summed E-state index contributed by atoms with van der Waals surface area (Å²) < 4.78 is 9.74. The van der Waals surface area contributed by atoms with Gasteiger partial charge >= 0.3 is 17.6 Å². The van der Waals surface area contributed by atoms with Gasteiger partial charge in [-0.25, -0.2) is 0 Å².